The summed E-state index contributed by atoms with van der Waals surface area (Å²) in [6.07, 6.45) is 5.22. The van der Waals surface area contributed by atoms with Crippen molar-refractivity contribution in [1.29, 1.82) is 0 Å². The number of hydrogen-bond acceptors (Lipinski definition) is 2. The Hall–Kier alpha value is -0.930. The fraction of sp³-hybridized carbons (Fsp3) is 0.647. The smallest absolute Gasteiger partial charge is 0.123 e. The van der Waals surface area contributed by atoms with Crippen molar-refractivity contribution in [3.05, 3.63) is 35.6 Å². The van der Waals surface area contributed by atoms with Crippen LogP contribution in [0.15, 0.2) is 24.3 Å². The quantitative estimate of drug-likeness (QED) is 0.847. The van der Waals surface area contributed by atoms with Crippen LogP contribution >= 0.6 is 0 Å². The van der Waals surface area contributed by atoms with Gasteiger partial charge < -0.3 is 5.32 Å². The van der Waals surface area contributed by atoms with E-state index in [-0.39, 0.29) is 5.82 Å². The minimum atomic E-state index is -0.0931. The summed E-state index contributed by atoms with van der Waals surface area (Å²) in [5.74, 6) is 0.379. The van der Waals surface area contributed by atoms with Crippen molar-refractivity contribution in [1.82, 2.24) is 10.2 Å². The molecule has 3 heterocycles. The van der Waals surface area contributed by atoms with Crippen LogP contribution < -0.4 is 5.32 Å². The van der Waals surface area contributed by atoms with Gasteiger partial charge in [0.15, 0.2) is 0 Å². The maximum atomic E-state index is 13.6. The molecule has 3 atom stereocenters. The fourth-order valence-electron chi connectivity index (χ4n) is 5.08. The van der Waals surface area contributed by atoms with Gasteiger partial charge in [-0.2, -0.15) is 0 Å². The average Bonchev–Trinajstić information content (AvgIpc) is 3.05. The summed E-state index contributed by atoms with van der Waals surface area (Å²) < 4.78 is 13.6. The van der Waals surface area contributed by atoms with Crippen molar-refractivity contribution in [2.75, 3.05) is 26.2 Å². The maximum Gasteiger partial charge on any atom is 0.123 e. The maximum absolute atomic E-state index is 13.6. The highest BCUT2D eigenvalue weighted by Crippen LogP contribution is 2.54. The van der Waals surface area contributed by atoms with E-state index in [1.165, 1.54) is 44.3 Å². The molecule has 3 aliphatic rings. The molecule has 3 aliphatic heterocycles. The van der Waals surface area contributed by atoms with E-state index in [0.29, 0.717) is 11.3 Å². The molecule has 1 aromatic carbocycles. The van der Waals surface area contributed by atoms with Crippen LogP contribution in [0, 0.1) is 11.2 Å². The summed E-state index contributed by atoms with van der Waals surface area (Å²) in [5.41, 5.74) is 1.58. The van der Waals surface area contributed by atoms with Gasteiger partial charge in [-0.25, -0.2) is 4.39 Å². The van der Waals surface area contributed by atoms with Gasteiger partial charge in [-0.05, 0) is 68.4 Å². The number of piperidine rings is 1. The SMILES string of the molecule is Fc1cccc(C2CNCCC23CCN2CCCC23)c1. The van der Waals surface area contributed by atoms with E-state index < -0.39 is 0 Å². The number of hydrogen-bond donors (Lipinski definition) is 1. The first-order chi connectivity index (χ1) is 9.79. The lowest BCUT2D eigenvalue weighted by molar-refractivity contribution is 0.112. The summed E-state index contributed by atoms with van der Waals surface area (Å²) in [6, 6.07) is 8.05. The van der Waals surface area contributed by atoms with E-state index in [1.807, 2.05) is 6.07 Å². The molecule has 0 amide bonds. The second-order valence-electron chi connectivity index (χ2n) is 6.74. The lowest BCUT2D eigenvalue weighted by Gasteiger charge is -2.46. The monoisotopic (exact) mass is 274 g/mol. The Balaban J connectivity index is 1.73. The predicted molar refractivity (Wildman–Crippen MR) is 78.3 cm³/mol. The van der Waals surface area contributed by atoms with Crippen LogP contribution in [0.4, 0.5) is 4.39 Å². The zero-order valence-electron chi connectivity index (χ0n) is 11.9. The Morgan fingerprint density at radius 1 is 1.25 bits per heavy atom. The Morgan fingerprint density at radius 2 is 2.20 bits per heavy atom. The molecule has 1 aromatic rings. The zero-order valence-corrected chi connectivity index (χ0v) is 11.9. The summed E-state index contributed by atoms with van der Waals surface area (Å²) in [4.78, 5) is 2.69. The topological polar surface area (TPSA) is 15.3 Å². The van der Waals surface area contributed by atoms with Crippen LogP contribution in [0.25, 0.3) is 0 Å². The fourth-order valence-corrected chi connectivity index (χ4v) is 5.08. The van der Waals surface area contributed by atoms with Gasteiger partial charge in [-0.15, -0.1) is 0 Å². The largest absolute Gasteiger partial charge is 0.316 e. The first-order valence-corrected chi connectivity index (χ1v) is 8.00. The van der Waals surface area contributed by atoms with Gasteiger partial charge in [0.1, 0.15) is 5.82 Å². The second-order valence-corrected chi connectivity index (χ2v) is 6.74. The molecule has 1 N–H and O–H groups in total. The van der Waals surface area contributed by atoms with Gasteiger partial charge in [0.05, 0.1) is 0 Å². The molecule has 1 spiro atoms. The first-order valence-electron chi connectivity index (χ1n) is 8.00. The normalized spacial score (nSPS) is 37.5. The third kappa shape index (κ3) is 1.83. The predicted octanol–water partition coefficient (Wildman–Crippen LogP) is 2.76. The molecule has 20 heavy (non-hydrogen) atoms. The lowest BCUT2D eigenvalue weighted by Crippen LogP contribution is -2.49. The molecule has 0 saturated carbocycles. The Morgan fingerprint density at radius 3 is 3.10 bits per heavy atom. The van der Waals surface area contributed by atoms with E-state index in [4.69, 9.17) is 0 Å². The minimum Gasteiger partial charge on any atom is -0.316 e. The number of rotatable bonds is 1. The summed E-state index contributed by atoms with van der Waals surface area (Å²) in [7, 11) is 0. The van der Waals surface area contributed by atoms with E-state index in [0.717, 1.165) is 19.1 Å². The van der Waals surface area contributed by atoms with Crippen molar-refractivity contribution in [3.63, 3.8) is 0 Å². The van der Waals surface area contributed by atoms with E-state index in [2.05, 4.69) is 16.3 Å². The zero-order chi connectivity index (χ0) is 13.6. The van der Waals surface area contributed by atoms with E-state index in [9.17, 15) is 4.39 Å². The van der Waals surface area contributed by atoms with Crippen LogP contribution in [-0.4, -0.2) is 37.1 Å². The molecule has 0 radical (unpaired) electrons. The summed E-state index contributed by atoms with van der Waals surface area (Å²) in [5, 5.41) is 3.54. The molecule has 0 aliphatic carbocycles. The molecule has 3 fully saturated rings. The van der Waals surface area contributed by atoms with Crippen molar-refractivity contribution < 1.29 is 4.39 Å². The van der Waals surface area contributed by atoms with Crippen LogP contribution in [0.5, 0.6) is 0 Å². The molecular formula is C17H23FN2. The third-order valence-corrected chi connectivity index (χ3v) is 5.95. The Bertz CT molecular complexity index is 500. The highest BCUT2D eigenvalue weighted by molar-refractivity contribution is 5.27. The van der Waals surface area contributed by atoms with Crippen molar-refractivity contribution in [3.8, 4) is 0 Å². The van der Waals surface area contributed by atoms with Gasteiger partial charge in [-0.3, -0.25) is 4.90 Å². The van der Waals surface area contributed by atoms with Crippen LogP contribution in [0.1, 0.15) is 37.2 Å². The van der Waals surface area contributed by atoms with E-state index in [1.54, 1.807) is 12.1 Å². The lowest BCUT2D eigenvalue weighted by atomic mass is 9.63. The minimum absolute atomic E-state index is 0.0931. The number of fused-ring (bicyclic) bond motifs is 2. The van der Waals surface area contributed by atoms with Crippen molar-refractivity contribution in [2.24, 2.45) is 5.41 Å². The van der Waals surface area contributed by atoms with Gasteiger partial charge in [0.2, 0.25) is 0 Å². The molecule has 4 rings (SSSR count). The standard InChI is InChI=1S/C17H23FN2/c18-14-4-1-3-13(11-14)15-12-19-8-6-17(15)7-10-20-9-2-5-16(17)20/h1,3-4,11,15-16,19H,2,5-10,12H2. The average molecular weight is 274 g/mol. The van der Waals surface area contributed by atoms with Crippen LogP contribution in [-0.2, 0) is 0 Å². The van der Waals surface area contributed by atoms with E-state index >= 15 is 0 Å². The number of nitrogens with zero attached hydrogens (tertiary/aromatic N) is 1. The second kappa shape index (κ2) is 4.81. The van der Waals surface area contributed by atoms with Crippen LogP contribution in [0.3, 0.4) is 0 Å². The van der Waals surface area contributed by atoms with Crippen molar-refractivity contribution >= 4 is 0 Å². The molecule has 3 saturated heterocycles. The first kappa shape index (κ1) is 12.8. The molecule has 3 heteroatoms. The van der Waals surface area contributed by atoms with Gasteiger partial charge in [-0.1, -0.05) is 12.1 Å². The number of halogens is 1. The highest BCUT2D eigenvalue weighted by atomic mass is 19.1. The summed E-state index contributed by atoms with van der Waals surface area (Å²) >= 11 is 0. The molecule has 0 bridgehead atoms. The Kier molecular flexibility index (Phi) is 3.08. The van der Waals surface area contributed by atoms with Crippen LogP contribution in [0.2, 0.25) is 0 Å². The summed E-state index contributed by atoms with van der Waals surface area (Å²) in [6.45, 7) is 4.65. The van der Waals surface area contributed by atoms with Gasteiger partial charge in [0, 0.05) is 18.5 Å². The molecule has 108 valence electrons. The number of benzene rings is 1. The van der Waals surface area contributed by atoms with Gasteiger partial charge in [0.25, 0.3) is 0 Å². The molecule has 0 aromatic heterocycles. The highest BCUT2D eigenvalue weighted by Gasteiger charge is 2.54. The number of nitrogens with one attached hydrogen (secondary N) is 1. The third-order valence-electron chi connectivity index (χ3n) is 5.95. The van der Waals surface area contributed by atoms with Crippen molar-refractivity contribution in [2.45, 2.75) is 37.6 Å². The molecule has 2 nitrogen and oxygen atoms in total. The van der Waals surface area contributed by atoms with Gasteiger partial charge >= 0.3 is 0 Å². The molecule has 3 unspecified atom stereocenters. The molecular weight excluding hydrogens is 251 g/mol. The Labute approximate surface area is 120 Å².